The quantitative estimate of drug-likeness (QED) is 0.397. The molecule has 0 spiro atoms. The number of pyridine rings is 2. The lowest BCUT2D eigenvalue weighted by Crippen LogP contribution is -1.94. The molecular formula is C26H18N4. The zero-order chi connectivity index (χ0) is 20.3. The van der Waals surface area contributed by atoms with Crippen molar-refractivity contribution < 1.29 is 0 Å². The zero-order valence-corrected chi connectivity index (χ0v) is 16.4. The molecule has 5 rings (SSSR count). The molecule has 0 saturated carbocycles. The monoisotopic (exact) mass is 386 g/mol. The number of hydrogen-bond donors (Lipinski definition) is 0. The average molecular weight is 386 g/mol. The molecule has 0 aliphatic carbocycles. The third-order valence-corrected chi connectivity index (χ3v) is 5.02. The van der Waals surface area contributed by atoms with Crippen molar-refractivity contribution in [3.63, 3.8) is 0 Å². The van der Waals surface area contributed by atoms with Crippen molar-refractivity contribution in [3.05, 3.63) is 103 Å². The van der Waals surface area contributed by atoms with Crippen LogP contribution in [0.3, 0.4) is 0 Å². The summed E-state index contributed by atoms with van der Waals surface area (Å²) in [7, 11) is 1.95. The Morgan fingerprint density at radius 1 is 0.767 bits per heavy atom. The maximum atomic E-state index is 4.61. The van der Waals surface area contributed by atoms with E-state index in [-0.39, 0.29) is 0 Å². The largest absolute Gasteiger partial charge is 0.267 e. The fraction of sp³-hybridized carbons (Fsp3) is 0.0385. The predicted octanol–water partition coefficient (Wildman–Crippen LogP) is 5.10. The number of fused-ring (bicyclic) bond motifs is 1. The summed E-state index contributed by atoms with van der Waals surface area (Å²) in [6.45, 7) is 0. The molecule has 0 bridgehead atoms. The van der Waals surface area contributed by atoms with Crippen LogP contribution in [0.5, 0.6) is 0 Å². The van der Waals surface area contributed by atoms with E-state index in [4.69, 9.17) is 0 Å². The smallest absolute Gasteiger partial charge is 0.114 e. The Balaban J connectivity index is 1.44. The molecule has 142 valence electrons. The zero-order valence-electron chi connectivity index (χ0n) is 16.4. The molecule has 0 N–H and O–H groups in total. The molecule has 3 aromatic heterocycles. The minimum atomic E-state index is 0.769. The summed E-state index contributed by atoms with van der Waals surface area (Å²) in [5.74, 6) is 6.38. The lowest BCUT2D eigenvalue weighted by molar-refractivity contribution is 0.776. The lowest BCUT2D eigenvalue weighted by atomic mass is 10.0. The van der Waals surface area contributed by atoms with E-state index in [0.29, 0.717) is 0 Å². The molecule has 4 nitrogen and oxygen atoms in total. The number of benzene rings is 2. The number of aryl methyl sites for hydroxylation is 1. The van der Waals surface area contributed by atoms with E-state index in [9.17, 15) is 0 Å². The first-order valence-electron chi connectivity index (χ1n) is 9.68. The topological polar surface area (TPSA) is 43.6 Å². The van der Waals surface area contributed by atoms with Gasteiger partial charge >= 0.3 is 0 Å². The van der Waals surface area contributed by atoms with Gasteiger partial charge in [0.05, 0.1) is 17.4 Å². The standard InChI is InChI=1S/C26H18N4/c1-30-26(22-14-16-27-17-15-22)24(18-28-30)20-9-6-19(7-10-20)8-12-23-13-11-21-4-2-3-5-25(21)29-23/h2-7,9-11,13-18H,1H3. The van der Waals surface area contributed by atoms with Crippen molar-refractivity contribution in [3.8, 4) is 34.2 Å². The molecule has 3 heterocycles. The number of aromatic nitrogens is 4. The normalized spacial score (nSPS) is 10.6. The summed E-state index contributed by atoms with van der Waals surface area (Å²) in [5, 5.41) is 5.57. The first kappa shape index (κ1) is 17.8. The number of rotatable bonds is 2. The predicted molar refractivity (Wildman–Crippen MR) is 120 cm³/mol. The van der Waals surface area contributed by atoms with Gasteiger partial charge < -0.3 is 0 Å². The third kappa shape index (κ3) is 3.45. The highest BCUT2D eigenvalue weighted by Crippen LogP contribution is 2.31. The summed E-state index contributed by atoms with van der Waals surface area (Å²) in [6, 6.07) is 24.3. The van der Waals surface area contributed by atoms with Crippen LogP contribution in [0.15, 0.2) is 91.4 Å². The third-order valence-electron chi connectivity index (χ3n) is 5.02. The second kappa shape index (κ2) is 7.65. The highest BCUT2D eigenvalue weighted by atomic mass is 15.3. The molecule has 0 amide bonds. The molecule has 0 aliphatic heterocycles. The fourth-order valence-electron chi connectivity index (χ4n) is 3.51. The summed E-state index contributed by atoms with van der Waals surface area (Å²) in [4.78, 5) is 8.72. The van der Waals surface area contributed by atoms with Crippen molar-refractivity contribution in [2.75, 3.05) is 0 Å². The van der Waals surface area contributed by atoms with Gasteiger partial charge in [-0.3, -0.25) is 9.67 Å². The van der Waals surface area contributed by atoms with Crippen molar-refractivity contribution >= 4 is 10.9 Å². The van der Waals surface area contributed by atoms with Crippen LogP contribution in [0.25, 0.3) is 33.3 Å². The number of hydrogen-bond acceptors (Lipinski definition) is 3. The van der Waals surface area contributed by atoms with Crippen LogP contribution < -0.4 is 0 Å². The minimum Gasteiger partial charge on any atom is -0.267 e. The number of nitrogens with zero attached hydrogens (tertiary/aromatic N) is 4. The number of para-hydroxylation sites is 1. The van der Waals surface area contributed by atoms with Crippen molar-refractivity contribution in [1.29, 1.82) is 0 Å². The van der Waals surface area contributed by atoms with Gasteiger partial charge in [0, 0.05) is 41.5 Å². The van der Waals surface area contributed by atoms with Gasteiger partial charge in [-0.1, -0.05) is 42.3 Å². The van der Waals surface area contributed by atoms with Gasteiger partial charge in [0.2, 0.25) is 0 Å². The Bertz CT molecular complexity index is 1390. The molecule has 0 fully saturated rings. The minimum absolute atomic E-state index is 0.769. The van der Waals surface area contributed by atoms with Crippen molar-refractivity contribution in [2.24, 2.45) is 7.05 Å². The highest BCUT2D eigenvalue weighted by Gasteiger charge is 2.12. The van der Waals surface area contributed by atoms with Crippen LogP contribution in [0.1, 0.15) is 11.3 Å². The average Bonchev–Trinajstić information content (AvgIpc) is 3.20. The molecule has 0 aliphatic rings. The second-order valence-electron chi connectivity index (χ2n) is 6.98. The van der Waals surface area contributed by atoms with E-state index in [1.54, 1.807) is 12.4 Å². The van der Waals surface area contributed by atoms with Gasteiger partial charge in [-0.05, 0) is 47.9 Å². The second-order valence-corrected chi connectivity index (χ2v) is 6.98. The molecule has 5 aromatic rings. The van der Waals surface area contributed by atoms with Gasteiger partial charge in [0.25, 0.3) is 0 Å². The molecule has 0 saturated heterocycles. The van der Waals surface area contributed by atoms with Crippen LogP contribution >= 0.6 is 0 Å². The van der Waals surface area contributed by atoms with Gasteiger partial charge in [0.15, 0.2) is 0 Å². The first-order chi connectivity index (χ1) is 14.8. The molecule has 0 radical (unpaired) electrons. The van der Waals surface area contributed by atoms with E-state index in [0.717, 1.165) is 44.5 Å². The van der Waals surface area contributed by atoms with E-state index in [1.807, 2.05) is 66.5 Å². The molecule has 4 heteroatoms. The summed E-state index contributed by atoms with van der Waals surface area (Å²) < 4.78 is 1.89. The van der Waals surface area contributed by atoms with Crippen LogP contribution in [0.4, 0.5) is 0 Å². The maximum absolute atomic E-state index is 4.61. The Kier molecular flexibility index (Phi) is 4.55. The molecule has 2 aromatic carbocycles. The Hall–Kier alpha value is -4.23. The lowest BCUT2D eigenvalue weighted by Gasteiger charge is -2.06. The maximum Gasteiger partial charge on any atom is 0.114 e. The highest BCUT2D eigenvalue weighted by molar-refractivity contribution is 5.81. The van der Waals surface area contributed by atoms with Crippen molar-refractivity contribution in [1.82, 2.24) is 19.7 Å². The van der Waals surface area contributed by atoms with Crippen LogP contribution in [0, 0.1) is 11.8 Å². The fourth-order valence-corrected chi connectivity index (χ4v) is 3.51. The van der Waals surface area contributed by atoms with Gasteiger partial charge in [-0.15, -0.1) is 0 Å². The molecule has 30 heavy (non-hydrogen) atoms. The molecule has 0 atom stereocenters. The van der Waals surface area contributed by atoms with Crippen LogP contribution in [0.2, 0.25) is 0 Å². The van der Waals surface area contributed by atoms with E-state index < -0.39 is 0 Å². The Labute approximate surface area is 174 Å². The Morgan fingerprint density at radius 2 is 1.57 bits per heavy atom. The van der Waals surface area contributed by atoms with Gasteiger partial charge in [-0.2, -0.15) is 5.10 Å². The summed E-state index contributed by atoms with van der Waals surface area (Å²) >= 11 is 0. The molecular weight excluding hydrogens is 368 g/mol. The van der Waals surface area contributed by atoms with E-state index >= 15 is 0 Å². The van der Waals surface area contributed by atoms with Crippen LogP contribution in [-0.4, -0.2) is 19.7 Å². The summed E-state index contributed by atoms with van der Waals surface area (Å²) in [6.07, 6.45) is 5.49. The Morgan fingerprint density at radius 3 is 2.40 bits per heavy atom. The summed E-state index contributed by atoms with van der Waals surface area (Å²) in [5.41, 5.74) is 7.01. The van der Waals surface area contributed by atoms with Crippen LogP contribution in [-0.2, 0) is 7.05 Å². The SMILES string of the molecule is Cn1ncc(-c2ccc(C#Cc3ccc4ccccc4n3)cc2)c1-c1ccncc1. The van der Waals surface area contributed by atoms with Gasteiger partial charge in [-0.25, -0.2) is 4.98 Å². The van der Waals surface area contributed by atoms with E-state index in [1.165, 1.54) is 0 Å². The van der Waals surface area contributed by atoms with E-state index in [2.05, 4.69) is 51.2 Å². The molecule has 0 unspecified atom stereocenters. The van der Waals surface area contributed by atoms with Gasteiger partial charge in [0.1, 0.15) is 5.69 Å². The van der Waals surface area contributed by atoms with Crippen molar-refractivity contribution in [2.45, 2.75) is 0 Å². The first-order valence-corrected chi connectivity index (χ1v) is 9.68.